The van der Waals surface area contributed by atoms with Crippen LogP contribution in [0.2, 0.25) is 0 Å². The summed E-state index contributed by atoms with van der Waals surface area (Å²) in [5, 5.41) is 4.73. The molecule has 3 amide bonds. The van der Waals surface area contributed by atoms with Crippen LogP contribution in [0.4, 0.5) is 4.79 Å². The van der Waals surface area contributed by atoms with Crippen LogP contribution in [-0.4, -0.2) is 35.6 Å². The first-order valence-corrected chi connectivity index (χ1v) is 10.0. The number of benzene rings is 1. The number of carbonyl (C=O) groups is 3. The van der Waals surface area contributed by atoms with E-state index in [1.165, 1.54) is 23.0 Å². The Morgan fingerprint density at radius 1 is 1.17 bits per heavy atom. The average Bonchev–Trinajstić information content (AvgIpc) is 3.06. The van der Waals surface area contributed by atoms with Crippen molar-refractivity contribution in [2.24, 2.45) is 0 Å². The topological polar surface area (TPSA) is 120 Å². The van der Waals surface area contributed by atoms with Gasteiger partial charge >= 0.3 is 17.8 Å². The monoisotopic (exact) mass is 415 g/mol. The van der Waals surface area contributed by atoms with Crippen LogP contribution in [-0.2, 0) is 20.9 Å². The van der Waals surface area contributed by atoms with E-state index in [0.717, 1.165) is 19.3 Å². The van der Waals surface area contributed by atoms with E-state index in [9.17, 15) is 19.2 Å². The van der Waals surface area contributed by atoms with Crippen LogP contribution in [0.1, 0.15) is 38.5 Å². The lowest BCUT2D eigenvalue weighted by Crippen LogP contribution is -2.41. The third-order valence-electron chi connectivity index (χ3n) is 4.85. The quantitative estimate of drug-likeness (QED) is 0.504. The summed E-state index contributed by atoms with van der Waals surface area (Å²) >= 11 is 0. The van der Waals surface area contributed by atoms with Crippen LogP contribution in [0.5, 0.6) is 0 Å². The second-order valence-corrected chi connectivity index (χ2v) is 7.06. The van der Waals surface area contributed by atoms with Crippen LogP contribution < -0.4 is 16.4 Å². The Morgan fingerprint density at radius 2 is 2.00 bits per heavy atom. The van der Waals surface area contributed by atoms with Gasteiger partial charge in [-0.25, -0.2) is 9.59 Å². The highest BCUT2D eigenvalue weighted by Crippen LogP contribution is 2.19. The van der Waals surface area contributed by atoms with Gasteiger partial charge in [-0.15, -0.1) is 0 Å². The number of rotatable bonds is 8. The molecule has 9 heteroatoms. The average molecular weight is 415 g/mol. The highest BCUT2D eigenvalue weighted by molar-refractivity contribution is 5.95. The van der Waals surface area contributed by atoms with Gasteiger partial charge in [0.2, 0.25) is 0 Å². The van der Waals surface area contributed by atoms with Gasteiger partial charge in [0.05, 0.1) is 11.9 Å². The van der Waals surface area contributed by atoms with Gasteiger partial charge in [-0.2, -0.15) is 0 Å². The number of hydrogen-bond donors (Lipinski definition) is 2. The maximum atomic E-state index is 11.9. The van der Waals surface area contributed by atoms with Crippen molar-refractivity contribution in [3.63, 3.8) is 0 Å². The van der Waals surface area contributed by atoms with Crippen LogP contribution in [0.25, 0.3) is 11.1 Å². The number of allylic oxidation sites excluding steroid dienone is 1. The minimum Gasteiger partial charge on any atom is -0.456 e. The second kappa shape index (κ2) is 10.4. The highest BCUT2D eigenvalue weighted by Gasteiger charge is 2.14. The molecule has 9 nitrogen and oxygen atoms in total. The summed E-state index contributed by atoms with van der Waals surface area (Å²) in [4.78, 5) is 47.2. The molecule has 1 aliphatic carbocycles. The molecule has 0 fully saturated rings. The molecule has 0 radical (unpaired) electrons. The molecule has 30 heavy (non-hydrogen) atoms. The molecule has 0 aliphatic heterocycles. The maximum absolute atomic E-state index is 11.9. The van der Waals surface area contributed by atoms with Crippen molar-refractivity contribution in [1.82, 2.24) is 15.2 Å². The van der Waals surface area contributed by atoms with Gasteiger partial charge in [-0.1, -0.05) is 23.8 Å². The summed E-state index contributed by atoms with van der Waals surface area (Å²) in [5.74, 6) is -1.95. The van der Waals surface area contributed by atoms with E-state index in [-0.39, 0.29) is 13.0 Å². The van der Waals surface area contributed by atoms with Crippen molar-refractivity contribution in [2.75, 3.05) is 13.2 Å². The maximum Gasteiger partial charge on any atom is 0.419 e. The van der Waals surface area contributed by atoms with E-state index in [1.807, 2.05) is 0 Å². The number of nitrogens with zero attached hydrogens (tertiary/aromatic N) is 1. The number of ether oxygens (including phenoxy) is 1. The molecular formula is C21H25N3O6. The molecule has 1 heterocycles. The predicted molar refractivity (Wildman–Crippen MR) is 109 cm³/mol. The largest absolute Gasteiger partial charge is 0.456 e. The first-order valence-electron chi connectivity index (χ1n) is 10.0. The number of aryl methyl sites for hydroxylation is 1. The number of carbonyl (C=O) groups excluding carboxylic acids is 3. The van der Waals surface area contributed by atoms with Crippen LogP contribution >= 0.6 is 0 Å². The minimum absolute atomic E-state index is 0.0621. The van der Waals surface area contributed by atoms with Crippen molar-refractivity contribution >= 4 is 29.0 Å². The Bertz CT molecular complexity index is 1000. The molecule has 0 saturated carbocycles. The SMILES string of the molecule is O=C(COC(=O)CCn1c(=O)oc2ccccc21)NC(=O)NCCC1=CCCCC1. The number of fused-ring (bicyclic) bond motifs is 1. The molecule has 0 saturated heterocycles. The van der Waals surface area contributed by atoms with Gasteiger partial charge in [-0.05, 0) is 44.2 Å². The lowest BCUT2D eigenvalue weighted by atomic mass is 9.97. The zero-order valence-corrected chi connectivity index (χ0v) is 16.6. The first kappa shape index (κ1) is 21.4. The predicted octanol–water partition coefficient (Wildman–Crippen LogP) is 2.24. The van der Waals surface area contributed by atoms with Crippen LogP contribution in [0, 0.1) is 0 Å². The fraction of sp³-hybridized carbons (Fsp3) is 0.429. The molecule has 0 unspecified atom stereocenters. The Labute approximate surface area is 173 Å². The van der Waals surface area contributed by atoms with Crippen LogP contribution in [0.15, 0.2) is 45.1 Å². The normalized spacial score (nSPS) is 13.5. The first-order chi connectivity index (χ1) is 14.5. The third-order valence-corrected chi connectivity index (χ3v) is 4.85. The summed E-state index contributed by atoms with van der Waals surface area (Å²) < 4.78 is 11.3. The van der Waals surface area contributed by atoms with E-state index >= 15 is 0 Å². The number of esters is 1. The van der Waals surface area contributed by atoms with E-state index in [2.05, 4.69) is 16.7 Å². The van der Waals surface area contributed by atoms with Gasteiger partial charge in [0, 0.05) is 13.1 Å². The van der Waals surface area contributed by atoms with Crippen molar-refractivity contribution in [1.29, 1.82) is 0 Å². The Hall–Kier alpha value is -3.36. The van der Waals surface area contributed by atoms with E-state index in [4.69, 9.17) is 9.15 Å². The molecule has 2 N–H and O–H groups in total. The number of aromatic nitrogens is 1. The second-order valence-electron chi connectivity index (χ2n) is 7.06. The Kier molecular flexibility index (Phi) is 7.42. The van der Waals surface area contributed by atoms with Crippen molar-refractivity contribution < 1.29 is 23.5 Å². The number of amides is 3. The zero-order valence-electron chi connectivity index (χ0n) is 16.6. The van der Waals surface area contributed by atoms with Crippen molar-refractivity contribution in [3.05, 3.63) is 46.5 Å². The summed E-state index contributed by atoms with van der Waals surface area (Å²) in [5.41, 5.74) is 2.33. The lowest BCUT2D eigenvalue weighted by molar-refractivity contribution is -0.148. The number of oxazole rings is 1. The van der Waals surface area contributed by atoms with Gasteiger partial charge in [0.15, 0.2) is 12.2 Å². The molecule has 0 atom stereocenters. The van der Waals surface area contributed by atoms with Crippen molar-refractivity contribution in [2.45, 2.75) is 45.1 Å². The smallest absolute Gasteiger partial charge is 0.419 e. The van der Waals surface area contributed by atoms with Crippen LogP contribution in [0.3, 0.4) is 0 Å². The van der Waals surface area contributed by atoms with Gasteiger partial charge in [-0.3, -0.25) is 19.5 Å². The number of imide groups is 1. The van der Waals surface area contributed by atoms with E-state index in [1.54, 1.807) is 24.3 Å². The summed E-state index contributed by atoms with van der Waals surface area (Å²) in [6.07, 6.45) is 7.37. The molecular weight excluding hydrogens is 390 g/mol. The van der Waals surface area contributed by atoms with E-state index in [0.29, 0.717) is 17.6 Å². The molecule has 0 bridgehead atoms. The number of nitrogens with one attached hydrogen (secondary N) is 2. The Balaban J connectivity index is 1.34. The molecule has 1 aromatic heterocycles. The fourth-order valence-corrected chi connectivity index (χ4v) is 3.32. The minimum atomic E-state index is -0.719. The molecule has 1 aliphatic rings. The van der Waals surface area contributed by atoms with E-state index < -0.39 is 30.3 Å². The van der Waals surface area contributed by atoms with Gasteiger partial charge in [0.25, 0.3) is 5.91 Å². The third kappa shape index (κ3) is 6.07. The standard InChI is InChI=1S/C21H25N3O6/c25-18(23-20(27)22-12-10-15-6-2-1-3-7-15)14-29-19(26)11-13-24-16-8-4-5-9-17(16)30-21(24)28/h4-6,8-9H,1-3,7,10-14H2,(H2,22,23,25,27). The summed E-state index contributed by atoms with van der Waals surface area (Å²) in [6.45, 7) is -0.0663. The number of hydrogen-bond acceptors (Lipinski definition) is 6. The Morgan fingerprint density at radius 3 is 2.80 bits per heavy atom. The van der Waals surface area contributed by atoms with Gasteiger partial charge in [0.1, 0.15) is 0 Å². The molecule has 2 aromatic rings. The number of para-hydroxylation sites is 2. The molecule has 0 spiro atoms. The van der Waals surface area contributed by atoms with Crippen molar-refractivity contribution in [3.8, 4) is 0 Å². The number of urea groups is 1. The zero-order chi connectivity index (χ0) is 21.3. The summed E-state index contributed by atoms with van der Waals surface area (Å²) in [6, 6.07) is 6.25. The fourth-order valence-electron chi connectivity index (χ4n) is 3.32. The molecule has 1 aromatic carbocycles. The molecule has 160 valence electrons. The molecule has 3 rings (SSSR count). The van der Waals surface area contributed by atoms with Gasteiger partial charge < -0.3 is 14.5 Å². The summed E-state index contributed by atoms with van der Waals surface area (Å²) in [7, 11) is 0. The lowest BCUT2D eigenvalue weighted by Gasteiger charge is -2.13. The highest BCUT2D eigenvalue weighted by atomic mass is 16.5.